The second-order valence-electron chi connectivity index (χ2n) is 4.55. The zero-order valence-electron chi connectivity index (χ0n) is 8.90. The van der Waals surface area contributed by atoms with Crippen molar-refractivity contribution in [2.24, 2.45) is 4.99 Å². The number of nitrogens with zero attached hydrogens (tertiary/aromatic N) is 1. The minimum atomic E-state index is -1.28. The lowest BCUT2D eigenvalue weighted by atomic mass is 9.64. The van der Waals surface area contributed by atoms with Gasteiger partial charge in [0.2, 0.25) is 6.08 Å². The van der Waals surface area contributed by atoms with Crippen LogP contribution in [0.3, 0.4) is 0 Å². The largest absolute Gasteiger partial charge is 0.508 e. The standard InChI is InChI=1S/C12H12FNO2/c1-11(13)6-12(7-11,14-8-15)9-2-4-10(16)5-3-9/h2-5,16H,6-7H2,1H3. The summed E-state index contributed by atoms with van der Waals surface area (Å²) in [5.41, 5.74) is -1.33. The molecule has 4 heteroatoms. The molecule has 0 saturated heterocycles. The number of hydrogen-bond acceptors (Lipinski definition) is 3. The average molecular weight is 221 g/mol. The van der Waals surface area contributed by atoms with Crippen molar-refractivity contribution in [1.29, 1.82) is 0 Å². The fourth-order valence-corrected chi connectivity index (χ4v) is 2.37. The molecule has 0 aromatic heterocycles. The molecule has 1 aromatic rings. The molecular formula is C12H12FNO2. The van der Waals surface area contributed by atoms with Crippen LogP contribution in [-0.2, 0) is 10.3 Å². The molecule has 16 heavy (non-hydrogen) atoms. The highest BCUT2D eigenvalue weighted by atomic mass is 19.1. The Morgan fingerprint density at radius 3 is 2.38 bits per heavy atom. The molecule has 0 radical (unpaired) electrons. The Labute approximate surface area is 92.6 Å². The van der Waals surface area contributed by atoms with Crippen LogP contribution in [0.5, 0.6) is 5.75 Å². The number of rotatable bonds is 2. The predicted octanol–water partition coefficient (Wildman–Crippen LogP) is 2.45. The van der Waals surface area contributed by atoms with Gasteiger partial charge in [-0.3, -0.25) is 0 Å². The summed E-state index contributed by atoms with van der Waals surface area (Å²) in [6.45, 7) is 1.49. The highest BCUT2D eigenvalue weighted by molar-refractivity contribution is 5.42. The summed E-state index contributed by atoms with van der Waals surface area (Å²) in [7, 11) is 0. The lowest BCUT2D eigenvalue weighted by Crippen LogP contribution is -2.48. The Morgan fingerprint density at radius 1 is 1.38 bits per heavy atom. The fourth-order valence-electron chi connectivity index (χ4n) is 2.37. The van der Waals surface area contributed by atoms with E-state index >= 15 is 0 Å². The van der Waals surface area contributed by atoms with Crippen molar-refractivity contribution in [2.45, 2.75) is 31.0 Å². The first-order chi connectivity index (χ1) is 7.47. The van der Waals surface area contributed by atoms with Crippen molar-refractivity contribution in [3.05, 3.63) is 29.8 Å². The Morgan fingerprint density at radius 2 is 1.94 bits per heavy atom. The van der Waals surface area contributed by atoms with Gasteiger partial charge in [0.1, 0.15) is 17.0 Å². The first kappa shape index (κ1) is 10.8. The van der Waals surface area contributed by atoms with Crippen LogP contribution in [0, 0.1) is 0 Å². The number of aromatic hydroxyl groups is 1. The summed E-state index contributed by atoms with van der Waals surface area (Å²) in [5.74, 6) is 0.135. The van der Waals surface area contributed by atoms with Gasteiger partial charge in [-0.1, -0.05) is 12.1 Å². The van der Waals surface area contributed by atoms with Gasteiger partial charge in [-0.05, 0) is 24.6 Å². The molecule has 1 aliphatic rings. The fraction of sp³-hybridized carbons (Fsp3) is 0.417. The Balaban J connectivity index is 2.35. The molecule has 1 aliphatic carbocycles. The lowest BCUT2D eigenvalue weighted by molar-refractivity contribution is 0.00284. The van der Waals surface area contributed by atoms with Crippen LogP contribution in [0.15, 0.2) is 29.3 Å². The van der Waals surface area contributed by atoms with E-state index in [1.54, 1.807) is 12.1 Å². The van der Waals surface area contributed by atoms with Crippen LogP contribution >= 0.6 is 0 Å². The van der Waals surface area contributed by atoms with E-state index in [-0.39, 0.29) is 18.6 Å². The van der Waals surface area contributed by atoms with Crippen LogP contribution in [0.2, 0.25) is 0 Å². The van der Waals surface area contributed by atoms with E-state index in [2.05, 4.69) is 4.99 Å². The summed E-state index contributed by atoms with van der Waals surface area (Å²) < 4.78 is 13.5. The van der Waals surface area contributed by atoms with Crippen LogP contribution in [-0.4, -0.2) is 16.9 Å². The van der Waals surface area contributed by atoms with E-state index < -0.39 is 11.2 Å². The van der Waals surface area contributed by atoms with Gasteiger partial charge >= 0.3 is 0 Å². The number of halogens is 1. The van der Waals surface area contributed by atoms with Gasteiger partial charge in [0.05, 0.1) is 0 Å². The van der Waals surface area contributed by atoms with Crippen molar-refractivity contribution in [3.8, 4) is 5.75 Å². The molecule has 1 fully saturated rings. The Hall–Kier alpha value is -1.67. The molecule has 0 heterocycles. The van der Waals surface area contributed by atoms with Gasteiger partial charge in [0, 0.05) is 12.8 Å². The Kier molecular flexibility index (Phi) is 2.32. The molecule has 1 saturated carbocycles. The third kappa shape index (κ3) is 1.72. The zero-order chi connectivity index (χ0) is 11.8. The van der Waals surface area contributed by atoms with E-state index in [0.29, 0.717) is 0 Å². The number of hydrogen-bond donors (Lipinski definition) is 1. The van der Waals surface area contributed by atoms with Crippen LogP contribution in [0.1, 0.15) is 25.3 Å². The van der Waals surface area contributed by atoms with Gasteiger partial charge in [0.15, 0.2) is 0 Å². The van der Waals surface area contributed by atoms with E-state index in [1.165, 1.54) is 25.1 Å². The number of phenols is 1. The number of carbonyl (C=O) groups excluding carboxylic acids is 1. The molecule has 0 atom stereocenters. The summed E-state index contributed by atoms with van der Waals surface area (Å²) in [5, 5.41) is 9.16. The predicted molar refractivity (Wildman–Crippen MR) is 56.7 cm³/mol. The van der Waals surface area contributed by atoms with Crippen LogP contribution < -0.4 is 0 Å². The first-order valence-corrected chi connectivity index (χ1v) is 5.05. The molecule has 84 valence electrons. The quantitative estimate of drug-likeness (QED) is 0.616. The average Bonchev–Trinajstić information content (AvgIpc) is 2.16. The maximum atomic E-state index is 13.5. The second kappa shape index (κ2) is 3.42. The van der Waals surface area contributed by atoms with E-state index in [4.69, 9.17) is 5.11 Å². The highest BCUT2D eigenvalue weighted by Crippen LogP contribution is 2.53. The third-order valence-electron chi connectivity index (χ3n) is 2.99. The molecule has 0 unspecified atom stereocenters. The number of benzene rings is 1. The maximum absolute atomic E-state index is 13.5. The molecule has 2 rings (SSSR count). The normalized spacial score (nSPS) is 32.6. The monoisotopic (exact) mass is 221 g/mol. The van der Waals surface area contributed by atoms with Crippen molar-refractivity contribution >= 4 is 6.08 Å². The molecule has 0 amide bonds. The van der Waals surface area contributed by atoms with Crippen molar-refractivity contribution in [3.63, 3.8) is 0 Å². The third-order valence-corrected chi connectivity index (χ3v) is 2.99. The molecule has 1 aromatic carbocycles. The summed E-state index contributed by atoms with van der Waals surface area (Å²) in [4.78, 5) is 14.1. The minimum Gasteiger partial charge on any atom is -0.508 e. The molecule has 0 spiro atoms. The topological polar surface area (TPSA) is 49.7 Å². The highest BCUT2D eigenvalue weighted by Gasteiger charge is 2.54. The van der Waals surface area contributed by atoms with Gasteiger partial charge in [-0.2, -0.15) is 4.99 Å². The Bertz CT molecular complexity index is 439. The van der Waals surface area contributed by atoms with Crippen LogP contribution in [0.25, 0.3) is 0 Å². The number of aliphatic imine (C=N–C) groups is 1. The summed E-state index contributed by atoms with van der Waals surface area (Å²) >= 11 is 0. The number of isocyanates is 1. The van der Waals surface area contributed by atoms with Gasteiger partial charge < -0.3 is 5.11 Å². The van der Waals surface area contributed by atoms with Gasteiger partial charge in [-0.25, -0.2) is 9.18 Å². The SMILES string of the molecule is CC1(F)CC(N=C=O)(c2ccc(O)cc2)C1. The van der Waals surface area contributed by atoms with Crippen LogP contribution in [0.4, 0.5) is 4.39 Å². The van der Waals surface area contributed by atoms with Crippen molar-refractivity contribution < 1.29 is 14.3 Å². The van der Waals surface area contributed by atoms with Crippen molar-refractivity contribution in [2.75, 3.05) is 0 Å². The van der Waals surface area contributed by atoms with E-state index in [9.17, 15) is 9.18 Å². The van der Waals surface area contributed by atoms with E-state index in [0.717, 1.165) is 5.56 Å². The van der Waals surface area contributed by atoms with Gasteiger partial charge in [0.25, 0.3) is 0 Å². The summed E-state index contributed by atoms with van der Waals surface area (Å²) in [6.07, 6.45) is 1.87. The molecule has 0 bridgehead atoms. The zero-order valence-corrected chi connectivity index (χ0v) is 8.90. The lowest BCUT2D eigenvalue weighted by Gasteiger charge is -2.46. The second-order valence-corrected chi connectivity index (χ2v) is 4.55. The smallest absolute Gasteiger partial charge is 0.235 e. The van der Waals surface area contributed by atoms with Gasteiger partial charge in [-0.15, -0.1) is 0 Å². The van der Waals surface area contributed by atoms with E-state index in [1.807, 2.05) is 0 Å². The molecular weight excluding hydrogens is 209 g/mol. The maximum Gasteiger partial charge on any atom is 0.235 e. The number of alkyl halides is 1. The molecule has 3 nitrogen and oxygen atoms in total. The minimum absolute atomic E-state index is 0.135. The number of phenolic OH excluding ortho intramolecular Hbond substituents is 1. The summed E-state index contributed by atoms with van der Waals surface area (Å²) in [6, 6.07) is 6.33. The first-order valence-electron chi connectivity index (χ1n) is 5.05. The molecule has 1 N–H and O–H groups in total. The van der Waals surface area contributed by atoms with Crippen molar-refractivity contribution in [1.82, 2.24) is 0 Å². The molecule has 0 aliphatic heterocycles.